The highest BCUT2D eigenvalue weighted by molar-refractivity contribution is 6.07. The summed E-state index contributed by atoms with van der Waals surface area (Å²) < 4.78 is 0. The third-order valence-electron chi connectivity index (χ3n) is 5.54. The largest absolute Gasteiger partial charge is 0.326 e. The predicted molar refractivity (Wildman–Crippen MR) is 107 cm³/mol. The van der Waals surface area contributed by atoms with Crippen molar-refractivity contribution in [2.24, 2.45) is 11.8 Å². The quantitative estimate of drug-likeness (QED) is 0.746. The van der Waals surface area contributed by atoms with Crippen molar-refractivity contribution in [3.05, 3.63) is 34.9 Å². The molecule has 1 aliphatic carbocycles. The number of hydrogen-bond donors (Lipinski definition) is 1. The van der Waals surface area contributed by atoms with Crippen LogP contribution in [0, 0.1) is 11.8 Å². The fourth-order valence-electron chi connectivity index (χ4n) is 4.33. The number of carbonyl (C=O) groups excluding carboxylic acids is 2. The lowest BCUT2D eigenvalue weighted by Crippen LogP contribution is -2.45. The number of nitrogens with zero attached hydrogens (tertiary/aromatic N) is 2. The summed E-state index contributed by atoms with van der Waals surface area (Å²) in [5, 5.41) is 2.96. The van der Waals surface area contributed by atoms with E-state index in [1.54, 1.807) is 0 Å². The van der Waals surface area contributed by atoms with Crippen LogP contribution < -0.4 is 5.32 Å². The lowest BCUT2D eigenvalue weighted by molar-refractivity contribution is -0.132. The molecule has 1 aromatic rings. The van der Waals surface area contributed by atoms with Crippen molar-refractivity contribution in [2.75, 3.05) is 19.8 Å². The van der Waals surface area contributed by atoms with Gasteiger partial charge in [-0.05, 0) is 54.7 Å². The van der Waals surface area contributed by atoms with Gasteiger partial charge in [0.15, 0.2) is 0 Å². The van der Waals surface area contributed by atoms with E-state index >= 15 is 0 Å². The van der Waals surface area contributed by atoms with Gasteiger partial charge in [0.2, 0.25) is 0 Å². The average molecular weight is 372 g/mol. The van der Waals surface area contributed by atoms with E-state index in [-0.39, 0.29) is 11.9 Å². The van der Waals surface area contributed by atoms with Gasteiger partial charge in [-0.1, -0.05) is 45.9 Å². The molecular formula is C22H33N3O2. The SMILES string of the molecule is CC(C)CN(CC(C)C)CN1C(=O)N[C@@](C)(c2ccc3c(c2)CCC3)C1=O. The molecule has 0 aromatic heterocycles. The van der Waals surface area contributed by atoms with E-state index < -0.39 is 5.54 Å². The first-order chi connectivity index (χ1) is 12.7. The molecule has 0 radical (unpaired) electrons. The molecule has 148 valence electrons. The molecule has 3 amide bonds. The number of aryl methyl sites for hydroxylation is 2. The van der Waals surface area contributed by atoms with Crippen LogP contribution >= 0.6 is 0 Å². The van der Waals surface area contributed by atoms with Gasteiger partial charge in [-0.15, -0.1) is 0 Å². The maximum atomic E-state index is 13.3. The summed E-state index contributed by atoms with van der Waals surface area (Å²) in [7, 11) is 0. The van der Waals surface area contributed by atoms with Gasteiger partial charge >= 0.3 is 6.03 Å². The number of fused-ring (bicyclic) bond motifs is 1. The molecule has 0 bridgehead atoms. The van der Waals surface area contributed by atoms with Crippen LogP contribution in [0.3, 0.4) is 0 Å². The summed E-state index contributed by atoms with van der Waals surface area (Å²) in [5.41, 5.74) is 2.60. The first-order valence-corrected chi connectivity index (χ1v) is 10.2. The summed E-state index contributed by atoms with van der Waals surface area (Å²) in [6.45, 7) is 12.6. The van der Waals surface area contributed by atoms with Crippen molar-refractivity contribution in [2.45, 2.75) is 59.4 Å². The Morgan fingerprint density at radius 1 is 1.07 bits per heavy atom. The third kappa shape index (κ3) is 4.03. The standard InChI is InChI=1S/C22H33N3O2/c1-15(2)12-24(13-16(3)4)14-25-20(26)22(5,23-21(25)27)19-10-9-17-7-6-8-18(17)11-19/h9-11,15-16H,6-8,12-14H2,1-5H3,(H,23,27)/t22-/m0/s1. The molecule has 1 aliphatic heterocycles. The molecule has 5 nitrogen and oxygen atoms in total. The topological polar surface area (TPSA) is 52.6 Å². The summed E-state index contributed by atoms with van der Waals surface area (Å²) in [4.78, 5) is 29.5. The molecule has 1 atom stereocenters. The maximum Gasteiger partial charge on any atom is 0.326 e. The number of imide groups is 1. The van der Waals surface area contributed by atoms with Gasteiger partial charge in [0.25, 0.3) is 5.91 Å². The summed E-state index contributed by atoms with van der Waals surface area (Å²) in [6.07, 6.45) is 3.33. The second-order valence-corrected chi connectivity index (χ2v) is 9.09. The second-order valence-electron chi connectivity index (χ2n) is 9.09. The molecule has 1 N–H and O–H groups in total. The van der Waals surface area contributed by atoms with Crippen molar-refractivity contribution < 1.29 is 9.59 Å². The smallest absolute Gasteiger partial charge is 0.319 e. The molecule has 1 aromatic carbocycles. The Balaban J connectivity index is 1.81. The van der Waals surface area contributed by atoms with Gasteiger partial charge in [-0.25, -0.2) is 9.69 Å². The van der Waals surface area contributed by atoms with Crippen LogP contribution in [0.2, 0.25) is 0 Å². The number of nitrogens with one attached hydrogen (secondary N) is 1. The van der Waals surface area contributed by atoms with Crippen molar-refractivity contribution in [3.8, 4) is 0 Å². The van der Waals surface area contributed by atoms with Crippen molar-refractivity contribution >= 4 is 11.9 Å². The highest BCUT2D eigenvalue weighted by Gasteiger charge is 2.49. The van der Waals surface area contributed by atoms with Crippen molar-refractivity contribution in [3.63, 3.8) is 0 Å². The van der Waals surface area contributed by atoms with Crippen LogP contribution in [0.4, 0.5) is 4.79 Å². The first kappa shape index (κ1) is 19.9. The Hall–Kier alpha value is -1.88. The van der Waals surface area contributed by atoms with E-state index in [1.165, 1.54) is 22.4 Å². The minimum atomic E-state index is -0.976. The molecule has 1 fully saturated rings. The van der Waals surface area contributed by atoms with Crippen LogP contribution in [-0.4, -0.2) is 41.5 Å². The summed E-state index contributed by atoms with van der Waals surface area (Å²) >= 11 is 0. The number of carbonyl (C=O) groups is 2. The van der Waals surface area contributed by atoms with E-state index in [0.29, 0.717) is 18.5 Å². The van der Waals surface area contributed by atoms with E-state index in [0.717, 1.165) is 31.5 Å². The third-order valence-corrected chi connectivity index (χ3v) is 5.54. The molecule has 0 unspecified atom stereocenters. The zero-order chi connectivity index (χ0) is 19.8. The maximum absolute atomic E-state index is 13.3. The number of amides is 3. The zero-order valence-corrected chi connectivity index (χ0v) is 17.3. The molecule has 1 heterocycles. The summed E-state index contributed by atoms with van der Waals surface area (Å²) in [6, 6.07) is 5.95. The number of urea groups is 1. The minimum Gasteiger partial charge on any atom is -0.319 e. The summed E-state index contributed by atoms with van der Waals surface area (Å²) in [5.74, 6) is 0.809. The fraction of sp³-hybridized carbons (Fsp3) is 0.636. The van der Waals surface area contributed by atoms with E-state index in [4.69, 9.17) is 0 Å². The molecule has 5 heteroatoms. The number of benzene rings is 1. The lowest BCUT2D eigenvalue weighted by Gasteiger charge is -2.30. The molecule has 0 spiro atoms. The predicted octanol–water partition coefficient (Wildman–Crippen LogP) is 3.51. The van der Waals surface area contributed by atoms with Crippen molar-refractivity contribution in [1.82, 2.24) is 15.1 Å². The van der Waals surface area contributed by atoms with Crippen LogP contribution in [0.1, 0.15) is 57.7 Å². The zero-order valence-electron chi connectivity index (χ0n) is 17.3. The van der Waals surface area contributed by atoms with Gasteiger partial charge in [-0.3, -0.25) is 9.69 Å². The van der Waals surface area contributed by atoms with Crippen LogP contribution in [-0.2, 0) is 23.2 Å². The Morgan fingerprint density at radius 2 is 1.70 bits per heavy atom. The van der Waals surface area contributed by atoms with Gasteiger partial charge in [0.05, 0.1) is 6.67 Å². The minimum absolute atomic E-state index is 0.150. The Labute approximate surface area is 163 Å². The molecule has 2 aliphatic rings. The molecular weight excluding hydrogens is 338 g/mol. The highest BCUT2D eigenvalue weighted by atomic mass is 16.2. The molecule has 3 rings (SSSR count). The van der Waals surface area contributed by atoms with Gasteiger partial charge < -0.3 is 5.32 Å². The Morgan fingerprint density at radius 3 is 2.33 bits per heavy atom. The van der Waals surface area contributed by atoms with Gasteiger partial charge in [-0.2, -0.15) is 0 Å². The highest BCUT2D eigenvalue weighted by Crippen LogP contribution is 2.32. The molecule has 1 saturated heterocycles. The fourth-order valence-corrected chi connectivity index (χ4v) is 4.33. The van der Waals surface area contributed by atoms with Crippen molar-refractivity contribution in [1.29, 1.82) is 0 Å². The van der Waals surface area contributed by atoms with E-state index in [2.05, 4.69) is 50.0 Å². The van der Waals surface area contributed by atoms with Gasteiger partial charge in [0.1, 0.15) is 5.54 Å². The van der Waals surface area contributed by atoms with Crippen LogP contribution in [0.5, 0.6) is 0 Å². The average Bonchev–Trinajstić information content (AvgIpc) is 3.12. The van der Waals surface area contributed by atoms with E-state index in [9.17, 15) is 9.59 Å². The van der Waals surface area contributed by atoms with Crippen LogP contribution in [0.25, 0.3) is 0 Å². The number of hydrogen-bond acceptors (Lipinski definition) is 3. The number of rotatable bonds is 7. The molecule has 0 saturated carbocycles. The molecule has 27 heavy (non-hydrogen) atoms. The van der Waals surface area contributed by atoms with Crippen LogP contribution in [0.15, 0.2) is 18.2 Å². The first-order valence-electron chi connectivity index (χ1n) is 10.2. The Kier molecular flexibility index (Phi) is 5.61. The van der Waals surface area contributed by atoms with E-state index in [1.807, 2.05) is 13.0 Å². The second kappa shape index (κ2) is 7.63. The Bertz CT molecular complexity index is 718. The monoisotopic (exact) mass is 371 g/mol. The lowest BCUT2D eigenvalue weighted by atomic mass is 9.90. The normalized spacial score (nSPS) is 22.3. The van der Waals surface area contributed by atoms with Gasteiger partial charge in [0, 0.05) is 13.1 Å².